The number of aromatic nitrogens is 2. The number of hydrogen-bond donors (Lipinski definition) is 1. The van der Waals surface area contributed by atoms with Crippen LogP contribution in [0.5, 0.6) is 0 Å². The Kier molecular flexibility index (Phi) is 4.46. The Morgan fingerprint density at radius 2 is 2.19 bits per heavy atom. The molecule has 1 unspecified atom stereocenters. The zero-order valence-electron chi connectivity index (χ0n) is 14.6. The van der Waals surface area contributed by atoms with E-state index in [4.69, 9.17) is 9.57 Å². The number of ether oxygens (including phenoxy) is 1. The Balaban J connectivity index is 1.51. The molecule has 26 heavy (non-hydrogen) atoms. The van der Waals surface area contributed by atoms with E-state index >= 15 is 0 Å². The summed E-state index contributed by atoms with van der Waals surface area (Å²) in [5.41, 5.74) is 2.29. The summed E-state index contributed by atoms with van der Waals surface area (Å²) in [5.74, 6) is -0.825. The van der Waals surface area contributed by atoms with E-state index in [-0.39, 0.29) is 23.6 Å². The standard InChI is InChI=1S/C18H20F2N4O2/c1-10(17-14-8-25-9-16(14)26-23-17)21-6-11-7-24(2)22-18(11)13-5-12(19)3-4-15(13)20/h3-5,7,10,14,16,21H,6,8-9H2,1-2H3/t10?,14-,16+/m0/s1. The van der Waals surface area contributed by atoms with Crippen molar-refractivity contribution in [3.8, 4) is 11.3 Å². The van der Waals surface area contributed by atoms with Crippen molar-refractivity contribution in [2.24, 2.45) is 18.1 Å². The molecule has 1 saturated heterocycles. The van der Waals surface area contributed by atoms with E-state index < -0.39 is 11.6 Å². The Labute approximate surface area is 149 Å². The fourth-order valence-corrected chi connectivity index (χ4v) is 3.45. The van der Waals surface area contributed by atoms with Gasteiger partial charge in [-0.25, -0.2) is 8.78 Å². The topological polar surface area (TPSA) is 60.7 Å². The summed E-state index contributed by atoms with van der Waals surface area (Å²) in [6.07, 6.45) is 1.80. The van der Waals surface area contributed by atoms with Gasteiger partial charge in [0.25, 0.3) is 0 Å². The Morgan fingerprint density at radius 1 is 1.35 bits per heavy atom. The second kappa shape index (κ2) is 6.77. The van der Waals surface area contributed by atoms with Crippen molar-refractivity contribution < 1.29 is 18.4 Å². The van der Waals surface area contributed by atoms with Crippen LogP contribution in [0.2, 0.25) is 0 Å². The minimum atomic E-state index is -0.501. The molecule has 8 heteroatoms. The van der Waals surface area contributed by atoms with Gasteiger partial charge in [-0.2, -0.15) is 5.10 Å². The van der Waals surface area contributed by atoms with E-state index in [0.717, 1.165) is 23.4 Å². The fourth-order valence-electron chi connectivity index (χ4n) is 3.45. The van der Waals surface area contributed by atoms with Crippen molar-refractivity contribution in [3.63, 3.8) is 0 Å². The highest BCUT2D eigenvalue weighted by atomic mass is 19.1. The van der Waals surface area contributed by atoms with E-state index in [1.165, 1.54) is 6.07 Å². The maximum Gasteiger partial charge on any atom is 0.161 e. The maximum atomic E-state index is 14.2. The Morgan fingerprint density at radius 3 is 3.04 bits per heavy atom. The third-order valence-electron chi connectivity index (χ3n) is 4.83. The molecule has 0 aliphatic carbocycles. The molecular weight excluding hydrogens is 342 g/mol. The second-order valence-corrected chi connectivity index (χ2v) is 6.71. The van der Waals surface area contributed by atoms with Gasteiger partial charge in [0.1, 0.15) is 11.6 Å². The molecule has 2 aliphatic heterocycles. The maximum absolute atomic E-state index is 14.2. The summed E-state index contributed by atoms with van der Waals surface area (Å²) < 4.78 is 34.7. The lowest BCUT2D eigenvalue weighted by Gasteiger charge is -2.16. The van der Waals surface area contributed by atoms with E-state index in [1.54, 1.807) is 17.9 Å². The highest BCUT2D eigenvalue weighted by molar-refractivity contribution is 5.92. The summed E-state index contributed by atoms with van der Waals surface area (Å²) >= 11 is 0. The average Bonchev–Trinajstić information content (AvgIpc) is 3.30. The van der Waals surface area contributed by atoms with Gasteiger partial charge in [0.05, 0.1) is 30.5 Å². The highest BCUT2D eigenvalue weighted by Gasteiger charge is 2.41. The molecule has 1 aromatic carbocycles. The molecule has 0 saturated carbocycles. The van der Waals surface area contributed by atoms with Crippen LogP contribution in [-0.4, -0.2) is 40.9 Å². The average molecular weight is 362 g/mol. The Hall–Kier alpha value is -2.32. The van der Waals surface area contributed by atoms with Crippen molar-refractivity contribution in [2.45, 2.75) is 25.6 Å². The van der Waals surface area contributed by atoms with E-state index in [0.29, 0.717) is 25.5 Å². The SMILES string of the molecule is CC(NCc1cn(C)nc1-c1cc(F)ccc1F)C1=NO[C@@H]2COC[C@H]12. The first-order valence-corrected chi connectivity index (χ1v) is 8.55. The van der Waals surface area contributed by atoms with Crippen LogP contribution in [0.25, 0.3) is 11.3 Å². The first kappa shape index (κ1) is 17.1. The van der Waals surface area contributed by atoms with Crippen molar-refractivity contribution in [2.75, 3.05) is 13.2 Å². The third-order valence-corrected chi connectivity index (χ3v) is 4.83. The quantitative estimate of drug-likeness (QED) is 0.886. The predicted molar refractivity (Wildman–Crippen MR) is 91.5 cm³/mol. The summed E-state index contributed by atoms with van der Waals surface area (Å²) in [4.78, 5) is 5.40. The van der Waals surface area contributed by atoms with Crippen LogP contribution in [0.15, 0.2) is 29.6 Å². The van der Waals surface area contributed by atoms with Crippen LogP contribution >= 0.6 is 0 Å². The van der Waals surface area contributed by atoms with Crippen LogP contribution in [0.4, 0.5) is 8.78 Å². The number of hydrogen-bond acceptors (Lipinski definition) is 5. The molecule has 2 aromatic rings. The summed E-state index contributed by atoms with van der Waals surface area (Å²) in [6, 6.07) is 3.35. The largest absolute Gasteiger partial charge is 0.389 e. The first-order valence-electron chi connectivity index (χ1n) is 8.55. The third kappa shape index (κ3) is 3.10. The molecule has 1 aromatic heterocycles. The van der Waals surface area contributed by atoms with Crippen molar-refractivity contribution >= 4 is 5.71 Å². The molecule has 3 atom stereocenters. The molecule has 0 bridgehead atoms. The summed E-state index contributed by atoms with van der Waals surface area (Å²) in [5, 5.41) is 11.9. The molecule has 0 amide bonds. The minimum absolute atomic E-state index is 0.00425. The van der Waals surface area contributed by atoms with Gasteiger partial charge in [0, 0.05) is 37.0 Å². The van der Waals surface area contributed by atoms with E-state index in [2.05, 4.69) is 15.6 Å². The number of halogens is 2. The van der Waals surface area contributed by atoms with Gasteiger partial charge >= 0.3 is 0 Å². The molecule has 1 fully saturated rings. The summed E-state index contributed by atoms with van der Waals surface area (Å²) in [6.45, 7) is 3.62. The van der Waals surface area contributed by atoms with Gasteiger partial charge in [-0.15, -0.1) is 0 Å². The van der Waals surface area contributed by atoms with Gasteiger partial charge < -0.3 is 14.9 Å². The molecule has 0 spiro atoms. The van der Waals surface area contributed by atoms with Gasteiger partial charge in [-0.3, -0.25) is 4.68 Å². The molecule has 3 heterocycles. The number of fused-ring (bicyclic) bond motifs is 1. The molecular formula is C18H20F2N4O2. The van der Waals surface area contributed by atoms with Gasteiger partial charge in [-0.05, 0) is 25.1 Å². The first-order chi connectivity index (χ1) is 12.5. The van der Waals surface area contributed by atoms with Crippen molar-refractivity contribution in [1.29, 1.82) is 0 Å². The van der Waals surface area contributed by atoms with E-state index in [9.17, 15) is 8.78 Å². The zero-order valence-corrected chi connectivity index (χ0v) is 14.6. The highest BCUT2D eigenvalue weighted by Crippen LogP contribution is 2.28. The number of aryl methyl sites for hydroxylation is 1. The number of oxime groups is 1. The number of nitrogens with zero attached hydrogens (tertiary/aromatic N) is 3. The van der Waals surface area contributed by atoms with Crippen LogP contribution in [0.1, 0.15) is 12.5 Å². The molecule has 4 rings (SSSR count). The van der Waals surface area contributed by atoms with Gasteiger partial charge in [-0.1, -0.05) is 5.16 Å². The van der Waals surface area contributed by atoms with Crippen molar-refractivity contribution in [3.05, 3.63) is 41.6 Å². The molecule has 2 aliphatic rings. The normalized spacial score (nSPS) is 22.8. The monoisotopic (exact) mass is 362 g/mol. The number of nitrogens with one attached hydrogen (secondary N) is 1. The zero-order chi connectivity index (χ0) is 18.3. The molecule has 0 radical (unpaired) electrons. The van der Waals surface area contributed by atoms with Crippen LogP contribution in [0, 0.1) is 17.6 Å². The van der Waals surface area contributed by atoms with Gasteiger partial charge in [0.15, 0.2) is 6.10 Å². The lowest BCUT2D eigenvalue weighted by molar-refractivity contribution is 0.0557. The second-order valence-electron chi connectivity index (χ2n) is 6.71. The molecule has 6 nitrogen and oxygen atoms in total. The number of rotatable bonds is 5. The molecule has 138 valence electrons. The Bertz CT molecular complexity index is 852. The predicted octanol–water partition coefficient (Wildman–Crippen LogP) is 2.24. The van der Waals surface area contributed by atoms with E-state index in [1.807, 2.05) is 6.92 Å². The lowest BCUT2D eigenvalue weighted by Crippen LogP contribution is -2.38. The lowest BCUT2D eigenvalue weighted by atomic mass is 9.96. The smallest absolute Gasteiger partial charge is 0.161 e. The molecule has 1 N–H and O–H groups in total. The fraction of sp³-hybridized carbons (Fsp3) is 0.444. The van der Waals surface area contributed by atoms with Crippen LogP contribution < -0.4 is 5.32 Å². The van der Waals surface area contributed by atoms with Gasteiger partial charge in [0.2, 0.25) is 0 Å². The number of benzene rings is 1. The minimum Gasteiger partial charge on any atom is -0.389 e. The van der Waals surface area contributed by atoms with Crippen molar-refractivity contribution in [1.82, 2.24) is 15.1 Å². The summed E-state index contributed by atoms with van der Waals surface area (Å²) in [7, 11) is 1.75. The van der Waals surface area contributed by atoms with Crippen LogP contribution in [-0.2, 0) is 23.2 Å². The van der Waals surface area contributed by atoms with Crippen LogP contribution in [0.3, 0.4) is 0 Å².